The lowest BCUT2D eigenvalue weighted by molar-refractivity contribution is 0.504. The molecule has 124 valence electrons. The summed E-state index contributed by atoms with van der Waals surface area (Å²) < 4.78 is 56.5. The summed E-state index contributed by atoms with van der Waals surface area (Å²) in [5.74, 6) is -3.17. The average molecular weight is 353 g/mol. The van der Waals surface area contributed by atoms with Crippen molar-refractivity contribution in [2.45, 2.75) is 4.90 Å². The van der Waals surface area contributed by atoms with Crippen molar-refractivity contribution in [3.8, 4) is 16.9 Å². The average Bonchev–Trinajstić information content (AvgIpc) is 2.90. The molecule has 0 radical (unpaired) electrons. The summed E-state index contributed by atoms with van der Waals surface area (Å²) in [6.07, 6.45) is 3.73. The predicted molar refractivity (Wildman–Crippen MR) is 78.8 cm³/mol. The Morgan fingerprint density at radius 1 is 1.21 bits per heavy atom. The summed E-state index contributed by atoms with van der Waals surface area (Å²) in [7, 11) is -4.43. The molecule has 7 nitrogen and oxygen atoms in total. The molecular weight excluding hydrogens is 344 g/mol. The number of halogens is 2. The highest BCUT2D eigenvalue weighted by molar-refractivity contribution is 7.89. The molecule has 24 heavy (non-hydrogen) atoms. The fourth-order valence-corrected chi connectivity index (χ4v) is 2.77. The van der Waals surface area contributed by atoms with Gasteiger partial charge in [0, 0.05) is 11.8 Å². The molecule has 10 heteroatoms. The molecule has 0 saturated carbocycles. The van der Waals surface area contributed by atoms with E-state index in [0.29, 0.717) is 12.1 Å². The van der Waals surface area contributed by atoms with Gasteiger partial charge in [0.2, 0.25) is 10.0 Å². The molecule has 0 fully saturated rings. The van der Waals surface area contributed by atoms with Gasteiger partial charge in [-0.25, -0.2) is 31.7 Å². The van der Waals surface area contributed by atoms with E-state index in [4.69, 9.17) is 9.56 Å². The van der Waals surface area contributed by atoms with Crippen molar-refractivity contribution < 1.29 is 21.6 Å². The van der Waals surface area contributed by atoms with Gasteiger partial charge >= 0.3 is 5.76 Å². The topological polar surface area (TPSA) is 108 Å². The lowest BCUT2D eigenvalue weighted by Crippen LogP contribution is -2.16. The number of benzene rings is 1. The summed E-state index contributed by atoms with van der Waals surface area (Å²) >= 11 is 0. The van der Waals surface area contributed by atoms with Gasteiger partial charge in [0.25, 0.3) is 0 Å². The quantitative estimate of drug-likeness (QED) is 0.766. The van der Waals surface area contributed by atoms with Crippen molar-refractivity contribution in [1.82, 2.24) is 9.55 Å². The van der Waals surface area contributed by atoms with E-state index in [9.17, 15) is 22.0 Å². The molecule has 0 aliphatic carbocycles. The van der Waals surface area contributed by atoms with Crippen LogP contribution in [-0.2, 0) is 10.0 Å². The Bertz CT molecular complexity index is 1080. The second-order valence-corrected chi connectivity index (χ2v) is 6.27. The van der Waals surface area contributed by atoms with Crippen molar-refractivity contribution in [2.75, 3.05) is 0 Å². The normalized spacial score (nSPS) is 11.6. The van der Waals surface area contributed by atoms with Crippen LogP contribution in [0.15, 0.2) is 57.0 Å². The minimum absolute atomic E-state index is 0.106. The van der Waals surface area contributed by atoms with Crippen LogP contribution in [0.1, 0.15) is 0 Å². The second kappa shape index (κ2) is 5.65. The second-order valence-electron chi connectivity index (χ2n) is 4.74. The van der Waals surface area contributed by atoms with Crippen molar-refractivity contribution in [3.63, 3.8) is 0 Å². The van der Waals surface area contributed by atoms with Gasteiger partial charge in [-0.3, -0.25) is 4.98 Å². The lowest BCUT2D eigenvalue weighted by atomic mass is 10.1. The highest BCUT2D eigenvalue weighted by atomic mass is 32.2. The van der Waals surface area contributed by atoms with Crippen LogP contribution in [0.3, 0.4) is 0 Å². The summed E-state index contributed by atoms with van der Waals surface area (Å²) in [6.45, 7) is 0. The van der Waals surface area contributed by atoms with Crippen LogP contribution in [0.2, 0.25) is 0 Å². The number of hydrogen-bond acceptors (Lipinski definition) is 5. The first-order valence-electron chi connectivity index (χ1n) is 6.42. The van der Waals surface area contributed by atoms with Crippen molar-refractivity contribution in [3.05, 3.63) is 65.1 Å². The molecule has 0 spiro atoms. The van der Waals surface area contributed by atoms with Gasteiger partial charge in [0.1, 0.15) is 22.8 Å². The van der Waals surface area contributed by atoms with E-state index in [0.717, 1.165) is 10.8 Å². The van der Waals surface area contributed by atoms with Gasteiger partial charge in [-0.2, -0.15) is 0 Å². The standard InChI is InChI=1S/C14H9F2N3O4S/c15-10-5-13(24(17,21)22)11(16)4-9(10)12-7-23-14(20)19(12)8-2-1-3-18-6-8/h1-7H,(H2,17,21,22). The number of pyridine rings is 1. The van der Waals surface area contributed by atoms with Crippen LogP contribution in [0.5, 0.6) is 0 Å². The molecule has 2 aromatic heterocycles. The number of rotatable bonds is 3. The third-order valence-corrected chi connectivity index (χ3v) is 4.13. The highest BCUT2D eigenvalue weighted by Crippen LogP contribution is 2.28. The van der Waals surface area contributed by atoms with Crippen LogP contribution >= 0.6 is 0 Å². The largest absolute Gasteiger partial charge is 0.424 e. The van der Waals surface area contributed by atoms with E-state index in [1.807, 2.05) is 0 Å². The van der Waals surface area contributed by atoms with Gasteiger partial charge < -0.3 is 4.42 Å². The van der Waals surface area contributed by atoms with Gasteiger partial charge in [-0.05, 0) is 24.3 Å². The first-order valence-corrected chi connectivity index (χ1v) is 7.97. The van der Waals surface area contributed by atoms with E-state index in [2.05, 4.69) is 4.98 Å². The number of nitrogens with zero attached hydrogens (tertiary/aromatic N) is 2. The van der Waals surface area contributed by atoms with E-state index >= 15 is 0 Å². The maximum absolute atomic E-state index is 14.3. The van der Waals surface area contributed by atoms with Gasteiger partial charge in [-0.1, -0.05) is 0 Å². The van der Waals surface area contributed by atoms with Crippen molar-refractivity contribution >= 4 is 10.0 Å². The maximum Gasteiger partial charge on any atom is 0.424 e. The number of hydrogen-bond donors (Lipinski definition) is 1. The van der Waals surface area contributed by atoms with Gasteiger partial charge in [0.05, 0.1) is 17.6 Å². The van der Waals surface area contributed by atoms with Crippen LogP contribution in [0.25, 0.3) is 16.9 Å². The molecule has 0 saturated heterocycles. The molecule has 0 unspecified atom stereocenters. The fourth-order valence-electron chi connectivity index (χ4n) is 2.17. The first-order chi connectivity index (χ1) is 11.3. The Morgan fingerprint density at radius 2 is 1.96 bits per heavy atom. The van der Waals surface area contributed by atoms with E-state index in [1.54, 1.807) is 6.07 Å². The molecule has 0 atom stereocenters. The van der Waals surface area contributed by atoms with Crippen LogP contribution in [0, 0.1) is 11.6 Å². The summed E-state index contributed by atoms with van der Waals surface area (Å²) in [4.78, 5) is 14.7. The van der Waals surface area contributed by atoms with E-state index < -0.39 is 32.3 Å². The molecule has 0 aliphatic rings. The van der Waals surface area contributed by atoms with E-state index in [1.165, 1.54) is 18.5 Å². The smallest absolute Gasteiger partial charge is 0.415 e. The van der Waals surface area contributed by atoms with Crippen LogP contribution < -0.4 is 10.9 Å². The van der Waals surface area contributed by atoms with Crippen molar-refractivity contribution in [1.29, 1.82) is 0 Å². The van der Waals surface area contributed by atoms with Crippen LogP contribution in [-0.4, -0.2) is 18.0 Å². The Balaban J connectivity index is 2.26. The number of aromatic nitrogens is 2. The SMILES string of the molecule is NS(=O)(=O)c1cc(F)c(-c2coc(=O)n2-c2cccnc2)cc1F. The molecule has 3 rings (SSSR count). The van der Waals surface area contributed by atoms with Crippen molar-refractivity contribution in [2.24, 2.45) is 5.14 Å². The van der Waals surface area contributed by atoms with Gasteiger partial charge in [0.15, 0.2) is 0 Å². The number of oxazole rings is 1. The lowest BCUT2D eigenvalue weighted by Gasteiger charge is -2.08. The Hall–Kier alpha value is -2.85. The summed E-state index contributed by atoms with van der Waals surface area (Å²) in [6, 6.07) is 4.14. The molecule has 3 aromatic rings. The third-order valence-electron chi connectivity index (χ3n) is 3.20. The zero-order valence-corrected chi connectivity index (χ0v) is 12.6. The monoisotopic (exact) mass is 353 g/mol. The highest BCUT2D eigenvalue weighted by Gasteiger charge is 2.22. The molecular formula is C14H9F2N3O4S. The van der Waals surface area contributed by atoms with E-state index in [-0.39, 0.29) is 16.9 Å². The molecule has 2 N–H and O–H groups in total. The number of nitrogens with two attached hydrogens (primary N) is 1. The zero-order valence-electron chi connectivity index (χ0n) is 11.8. The fraction of sp³-hybridized carbons (Fsp3) is 0. The molecule has 0 bridgehead atoms. The van der Waals surface area contributed by atoms with Crippen LogP contribution in [0.4, 0.5) is 8.78 Å². The minimum atomic E-state index is -4.43. The molecule has 2 heterocycles. The Kier molecular flexibility index (Phi) is 3.78. The third kappa shape index (κ3) is 2.72. The minimum Gasteiger partial charge on any atom is -0.415 e. The number of primary sulfonamides is 1. The maximum atomic E-state index is 14.3. The molecule has 0 amide bonds. The first kappa shape index (κ1) is 16.0. The molecule has 1 aromatic carbocycles. The Labute approximate surface area is 134 Å². The molecule has 0 aliphatic heterocycles. The predicted octanol–water partition coefficient (Wildman–Crippen LogP) is 1.42. The number of sulfonamides is 1. The zero-order chi connectivity index (χ0) is 17.5. The summed E-state index contributed by atoms with van der Waals surface area (Å²) in [5, 5.41) is 4.82. The summed E-state index contributed by atoms with van der Waals surface area (Å²) in [5.41, 5.74) is -0.207. The van der Waals surface area contributed by atoms with Gasteiger partial charge in [-0.15, -0.1) is 0 Å². The Morgan fingerprint density at radius 3 is 2.58 bits per heavy atom.